The minimum Gasteiger partial charge on any atom is -0.379 e. The molecule has 0 atom stereocenters. The van der Waals surface area contributed by atoms with Crippen LogP contribution in [0.4, 0.5) is 5.00 Å². The van der Waals surface area contributed by atoms with Gasteiger partial charge in [0.2, 0.25) is 0 Å². The fraction of sp³-hybridized carbons (Fsp3) is 0.542. The molecule has 0 unspecified atom stereocenters. The first-order chi connectivity index (χ1) is 14.2. The van der Waals surface area contributed by atoms with Gasteiger partial charge in [-0.2, -0.15) is 0 Å². The fourth-order valence-corrected chi connectivity index (χ4v) is 6.06. The highest BCUT2D eigenvalue weighted by atomic mass is 32.1. The van der Waals surface area contributed by atoms with Crippen molar-refractivity contribution in [3.63, 3.8) is 0 Å². The number of rotatable bonds is 8. The van der Waals surface area contributed by atoms with Crippen LogP contribution in [0.25, 0.3) is 0 Å². The van der Waals surface area contributed by atoms with Gasteiger partial charge in [-0.05, 0) is 75.5 Å². The van der Waals surface area contributed by atoms with Crippen LogP contribution in [-0.2, 0) is 19.3 Å². The molecule has 0 saturated heterocycles. The van der Waals surface area contributed by atoms with Gasteiger partial charge >= 0.3 is 0 Å². The summed E-state index contributed by atoms with van der Waals surface area (Å²) in [7, 11) is 1.98. The van der Waals surface area contributed by atoms with E-state index in [-0.39, 0.29) is 0 Å². The van der Waals surface area contributed by atoms with Gasteiger partial charge in [0.25, 0.3) is 0 Å². The molecule has 1 fully saturated rings. The maximum atomic E-state index is 8.70. The molecule has 4 N–H and O–H groups in total. The second-order valence-corrected chi connectivity index (χ2v) is 9.53. The van der Waals surface area contributed by atoms with E-state index in [0.717, 1.165) is 37.8 Å². The molecule has 0 spiro atoms. The van der Waals surface area contributed by atoms with Crippen molar-refractivity contribution in [2.75, 3.05) is 18.9 Å². The lowest BCUT2D eigenvalue weighted by Crippen LogP contribution is -2.42. The number of thiophene rings is 1. The first kappa shape index (κ1) is 20.4. The average molecular weight is 411 g/mol. The second-order valence-electron chi connectivity index (χ2n) is 8.42. The summed E-state index contributed by atoms with van der Waals surface area (Å²) >= 11 is 1.85. The van der Waals surface area contributed by atoms with Crippen LogP contribution in [-0.4, -0.2) is 31.5 Å². The topological polar surface area (TPSA) is 59.9 Å². The predicted octanol–water partition coefficient (Wildman–Crippen LogP) is 4.73. The SMILES string of the molecule is CNc1sc2c(c1C(=N)N[C@H]1CC[C@H](NCCCc3ccccc3)CC1)CCC2. The Morgan fingerprint density at radius 2 is 1.83 bits per heavy atom. The lowest BCUT2D eigenvalue weighted by molar-refractivity contribution is 0.328. The molecule has 2 aliphatic carbocycles. The van der Waals surface area contributed by atoms with Crippen LogP contribution in [0.15, 0.2) is 30.3 Å². The number of hydrogen-bond donors (Lipinski definition) is 4. The van der Waals surface area contributed by atoms with E-state index in [1.807, 2.05) is 18.4 Å². The number of benzene rings is 1. The van der Waals surface area contributed by atoms with E-state index in [4.69, 9.17) is 5.41 Å². The van der Waals surface area contributed by atoms with Gasteiger partial charge in [0, 0.05) is 24.0 Å². The zero-order chi connectivity index (χ0) is 20.1. The highest BCUT2D eigenvalue weighted by Gasteiger charge is 2.27. The van der Waals surface area contributed by atoms with Crippen molar-refractivity contribution in [3.8, 4) is 0 Å². The summed E-state index contributed by atoms with van der Waals surface area (Å²) in [6, 6.07) is 11.8. The second kappa shape index (κ2) is 9.77. The molecule has 0 amide bonds. The van der Waals surface area contributed by atoms with Crippen molar-refractivity contribution in [1.82, 2.24) is 10.6 Å². The number of amidine groups is 1. The Morgan fingerprint density at radius 1 is 1.07 bits per heavy atom. The number of fused-ring (bicyclic) bond motifs is 1. The van der Waals surface area contributed by atoms with Gasteiger partial charge in [0.15, 0.2) is 0 Å². The minimum absolute atomic E-state index is 0.437. The summed E-state index contributed by atoms with van der Waals surface area (Å²) in [4.78, 5) is 1.49. The van der Waals surface area contributed by atoms with Crippen molar-refractivity contribution >= 4 is 22.2 Å². The third-order valence-electron chi connectivity index (χ3n) is 6.39. The molecule has 1 heterocycles. The van der Waals surface area contributed by atoms with Gasteiger partial charge in [-0.25, -0.2) is 0 Å². The van der Waals surface area contributed by atoms with E-state index < -0.39 is 0 Å². The van der Waals surface area contributed by atoms with E-state index in [9.17, 15) is 0 Å². The molecule has 0 bridgehead atoms. The highest BCUT2D eigenvalue weighted by Crippen LogP contribution is 2.39. The number of nitrogens with one attached hydrogen (secondary N) is 4. The van der Waals surface area contributed by atoms with Gasteiger partial charge < -0.3 is 16.0 Å². The van der Waals surface area contributed by atoms with Crippen LogP contribution in [0.2, 0.25) is 0 Å². The Kier molecular flexibility index (Phi) is 6.88. The average Bonchev–Trinajstić information content (AvgIpc) is 3.34. The van der Waals surface area contributed by atoms with Crippen molar-refractivity contribution in [3.05, 3.63) is 51.9 Å². The molecule has 156 valence electrons. The Balaban J connectivity index is 1.20. The van der Waals surface area contributed by atoms with Crippen LogP contribution >= 0.6 is 11.3 Å². The summed E-state index contributed by atoms with van der Waals surface area (Å²) in [5, 5.41) is 20.5. The molecule has 1 saturated carbocycles. The highest BCUT2D eigenvalue weighted by molar-refractivity contribution is 7.16. The summed E-state index contributed by atoms with van der Waals surface area (Å²) in [5.41, 5.74) is 4.00. The van der Waals surface area contributed by atoms with Gasteiger partial charge in [0.05, 0.1) is 10.6 Å². The van der Waals surface area contributed by atoms with E-state index in [1.54, 1.807) is 0 Å². The zero-order valence-electron chi connectivity index (χ0n) is 17.5. The normalized spacial score (nSPS) is 21.0. The molecule has 1 aromatic heterocycles. The first-order valence-corrected chi connectivity index (χ1v) is 12.0. The quantitative estimate of drug-likeness (QED) is 0.289. The number of hydrogen-bond acceptors (Lipinski definition) is 4. The monoisotopic (exact) mass is 410 g/mol. The Morgan fingerprint density at radius 3 is 2.59 bits per heavy atom. The van der Waals surface area contributed by atoms with Gasteiger partial charge in [0.1, 0.15) is 5.84 Å². The lowest BCUT2D eigenvalue weighted by Gasteiger charge is -2.30. The largest absolute Gasteiger partial charge is 0.379 e. The molecule has 0 aliphatic heterocycles. The Bertz CT molecular complexity index is 806. The van der Waals surface area contributed by atoms with E-state index >= 15 is 0 Å². The van der Waals surface area contributed by atoms with E-state index in [1.165, 1.54) is 53.1 Å². The van der Waals surface area contributed by atoms with Crippen LogP contribution in [0.5, 0.6) is 0 Å². The fourth-order valence-electron chi connectivity index (χ4n) is 4.81. The van der Waals surface area contributed by atoms with Gasteiger partial charge in [-0.3, -0.25) is 5.41 Å². The van der Waals surface area contributed by atoms with E-state index in [2.05, 4.69) is 46.3 Å². The standard InChI is InChI=1S/C24H34N4S/c1-26-24-22(20-10-5-11-21(20)29-24)23(25)28-19-14-12-18(13-15-19)27-16-6-9-17-7-3-2-4-8-17/h2-4,7-8,18-19,26-27H,5-6,9-16H2,1H3,(H2,25,28)/t18-,19-. The molecular formula is C24H34N4S. The summed E-state index contributed by atoms with van der Waals surface area (Å²) in [6.45, 7) is 1.10. The Hall–Kier alpha value is -1.85. The summed E-state index contributed by atoms with van der Waals surface area (Å²) < 4.78 is 0. The van der Waals surface area contributed by atoms with E-state index in [0.29, 0.717) is 17.9 Å². The molecular weight excluding hydrogens is 376 g/mol. The smallest absolute Gasteiger partial charge is 0.128 e. The number of anilines is 1. The van der Waals surface area contributed by atoms with Gasteiger partial charge in [-0.1, -0.05) is 30.3 Å². The molecule has 5 heteroatoms. The summed E-state index contributed by atoms with van der Waals surface area (Å²) in [6.07, 6.45) is 10.6. The van der Waals surface area contributed by atoms with Crippen LogP contribution < -0.4 is 16.0 Å². The maximum Gasteiger partial charge on any atom is 0.128 e. The van der Waals surface area contributed by atoms with Crippen molar-refractivity contribution < 1.29 is 0 Å². The maximum absolute atomic E-state index is 8.70. The van der Waals surface area contributed by atoms with Crippen LogP contribution in [0.3, 0.4) is 0 Å². The number of aryl methyl sites for hydroxylation is 2. The zero-order valence-corrected chi connectivity index (χ0v) is 18.3. The third-order valence-corrected chi connectivity index (χ3v) is 7.70. The minimum atomic E-state index is 0.437. The third kappa shape index (κ3) is 5.01. The van der Waals surface area contributed by atoms with Crippen molar-refractivity contribution in [2.45, 2.75) is 69.9 Å². The van der Waals surface area contributed by atoms with Crippen LogP contribution in [0.1, 0.15) is 60.1 Å². The van der Waals surface area contributed by atoms with Crippen molar-refractivity contribution in [1.29, 1.82) is 5.41 Å². The molecule has 4 nitrogen and oxygen atoms in total. The first-order valence-electron chi connectivity index (χ1n) is 11.2. The molecule has 4 rings (SSSR count). The molecule has 1 aromatic carbocycles. The van der Waals surface area contributed by atoms with Gasteiger partial charge in [-0.15, -0.1) is 11.3 Å². The lowest BCUT2D eigenvalue weighted by atomic mass is 9.90. The predicted molar refractivity (Wildman–Crippen MR) is 125 cm³/mol. The molecule has 2 aromatic rings. The molecule has 2 aliphatic rings. The van der Waals surface area contributed by atoms with Crippen molar-refractivity contribution in [2.24, 2.45) is 0 Å². The summed E-state index contributed by atoms with van der Waals surface area (Å²) in [5.74, 6) is 0.632. The Labute approximate surface area is 179 Å². The molecule has 0 radical (unpaired) electrons. The van der Waals surface area contributed by atoms with Crippen LogP contribution in [0, 0.1) is 5.41 Å². The molecule has 29 heavy (non-hydrogen) atoms.